The van der Waals surface area contributed by atoms with Crippen molar-refractivity contribution < 1.29 is 32.6 Å². The summed E-state index contributed by atoms with van der Waals surface area (Å²) in [5.74, 6) is -1.48. The first-order valence-electron chi connectivity index (χ1n) is 8.26. The number of carbonyl (C=O) groups excluding carboxylic acids is 1. The Kier molecular flexibility index (Phi) is 5.95. The molecule has 1 fully saturated rings. The molecule has 1 aromatic rings. The first-order chi connectivity index (χ1) is 12.1. The standard InChI is InChI=1S/C18H22F3NO4/c1-12(13-3-5-14(6-4-13)18(19,20)21)9-15(23)22-8-7-17(10-22,11-26-2)16(24)25/h3-6,12H,7-11H2,1-2H3,(H,24,25). The van der Waals surface area contributed by atoms with Crippen LogP contribution >= 0.6 is 0 Å². The molecule has 1 heterocycles. The van der Waals surface area contributed by atoms with Crippen LogP contribution in [0.1, 0.15) is 36.8 Å². The highest BCUT2D eigenvalue weighted by Gasteiger charge is 2.46. The minimum absolute atomic E-state index is 0.0283. The molecule has 2 unspecified atom stereocenters. The van der Waals surface area contributed by atoms with Crippen LogP contribution in [0.2, 0.25) is 0 Å². The van der Waals surface area contributed by atoms with Crippen LogP contribution in [0.25, 0.3) is 0 Å². The molecule has 0 aliphatic carbocycles. The third kappa shape index (κ3) is 4.35. The van der Waals surface area contributed by atoms with Crippen LogP contribution < -0.4 is 0 Å². The second kappa shape index (κ2) is 7.65. The first-order valence-corrected chi connectivity index (χ1v) is 8.26. The van der Waals surface area contributed by atoms with Gasteiger partial charge in [0.2, 0.25) is 5.91 Å². The number of alkyl halides is 3. The molecule has 1 saturated heterocycles. The van der Waals surface area contributed by atoms with Crippen LogP contribution in [0.3, 0.4) is 0 Å². The number of benzene rings is 1. The number of halogens is 3. The van der Waals surface area contributed by atoms with Crippen LogP contribution in [0.15, 0.2) is 24.3 Å². The lowest BCUT2D eigenvalue weighted by Gasteiger charge is -2.24. The van der Waals surface area contributed by atoms with E-state index >= 15 is 0 Å². The van der Waals surface area contributed by atoms with Crippen LogP contribution in [0.4, 0.5) is 13.2 Å². The number of nitrogens with zero attached hydrogens (tertiary/aromatic N) is 1. The Hall–Kier alpha value is -2.09. The largest absolute Gasteiger partial charge is 0.481 e. The van der Waals surface area contributed by atoms with Gasteiger partial charge < -0.3 is 14.7 Å². The van der Waals surface area contributed by atoms with Gasteiger partial charge in [-0.05, 0) is 30.0 Å². The number of carboxylic acids is 1. The number of hydrogen-bond donors (Lipinski definition) is 1. The predicted molar refractivity (Wildman–Crippen MR) is 87.6 cm³/mol. The van der Waals surface area contributed by atoms with E-state index in [0.29, 0.717) is 18.5 Å². The molecule has 2 atom stereocenters. The fourth-order valence-corrected chi connectivity index (χ4v) is 3.23. The number of likely N-dealkylation sites (tertiary alicyclic amines) is 1. The summed E-state index contributed by atoms with van der Waals surface area (Å²) in [7, 11) is 1.42. The van der Waals surface area contributed by atoms with Crippen molar-refractivity contribution in [3.05, 3.63) is 35.4 Å². The molecule has 1 amide bonds. The third-order valence-corrected chi connectivity index (χ3v) is 4.87. The lowest BCUT2D eigenvalue weighted by molar-refractivity contribution is -0.151. The van der Waals surface area contributed by atoms with Gasteiger partial charge in [0.15, 0.2) is 0 Å². The molecular weight excluding hydrogens is 351 g/mol. The summed E-state index contributed by atoms with van der Waals surface area (Å²) in [6.45, 7) is 2.19. The van der Waals surface area contributed by atoms with Crippen molar-refractivity contribution in [1.82, 2.24) is 4.90 Å². The van der Waals surface area contributed by atoms with E-state index in [9.17, 15) is 27.9 Å². The summed E-state index contributed by atoms with van der Waals surface area (Å²) >= 11 is 0. The van der Waals surface area contributed by atoms with Gasteiger partial charge in [-0.15, -0.1) is 0 Å². The molecule has 26 heavy (non-hydrogen) atoms. The molecule has 1 aliphatic rings. The highest BCUT2D eigenvalue weighted by molar-refractivity contribution is 5.81. The minimum atomic E-state index is -4.39. The Morgan fingerprint density at radius 1 is 1.31 bits per heavy atom. The van der Waals surface area contributed by atoms with E-state index in [1.54, 1.807) is 6.92 Å². The maximum Gasteiger partial charge on any atom is 0.416 e. The van der Waals surface area contributed by atoms with Crippen molar-refractivity contribution in [2.24, 2.45) is 5.41 Å². The normalized spacial score (nSPS) is 21.7. The van der Waals surface area contributed by atoms with Crippen molar-refractivity contribution in [2.45, 2.75) is 31.9 Å². The summed E-state index contributed by atoms with van der Waals surface area (Å²) in [4.78, 5) is 25.5. The molecule has 2 rings (SSSR count). The molecule has 1 N–H and O–H groups in total. The predicted octanol–water partition coefficient (Wildman–Crippen LogP) is 3.15. The van der Waals surface area contributed by atoms with E-state index in [-0.39, 0.29) is 31.4 Å². The monoisotopic (exact) mass is 373 g/mol. The average Bonchev–Trinajstić information content (AvgIpc) is 3.00. The molecular formula is C18H22F3NO4. The smallest absolute Gasteiger partial charge is 0.416 e. The second-order valence-corrected chi connectivity index (χ2v) is 6.81. The summed E-state index contributed by atoms with van der Waals surface area (Å²) in [6, 6.07) is 4.74. The van der Waals surface area contributed by atoms with Crippen molar-refractivity contribution in [3.8, 4) is 0 Å². The van der Waals surface area contributed by atoms with E-state index in [1.165, 1.54) is 24.1 Å². The van der Waals surface area contributed by atoms with Gasteiger partial charge >= 0.3 is 12.1 Å². The zero-order valence-corrected chi connectivity index (χ0v) is 14.7. The SMILES string of the molecule is COCC1(C(=O)O)CCN(C(=O)CC(C)c2ccc(C(F)(F)F)cc2)C1. The average molecular weight is 373 g/mol. The van der Waals surface area contributed by atoms with Gasteiger partial charge in [0, 0.05) is 26.6 Å². The Bertz CT molecular complexity index is 659. The number of rotatable bonds is 6. The zero-order valence-electron chi connectivity index (χ0n) is 14.7. The fraction of sp³-hybridized carbons (Fsp3) is 0.556. The molecule has 0 aromatic heterocycles. The summed E-state index contributed by atoms with van der Waals surface area (Å²) in [5.41, 5.74) is -1.20. The second-order valence-electron chi connectivity index (χ2n) is 6.81. The van der Waals surface area contributed by atoms with Gasteiger partial charge in [-0.25, -0.2) is 0 Å². The summed E-state index contributed by atoms with van der Waals surface area (Å²) in [5, 5.41) is 9.44. The van der Waals surface area contributed by atoms with Gasteiger partial charge in [-0.2, -0.15) is 13.2 Å². The van der Waals surface area contributed by atoms with Crippen LogP contribution in [0.5, 0.6) is 0 Å². The number of methoxy groups -OCH3 is 1. The van der Waals surface area contributed by atoms with Gasteiger partial charge in [0.25, 0.3) is 0 Å². The Balaban J connectivity index is 2.00. The molecule has 1 aromatic carbocycles. The van der Waals surface area contributed by atoms with E-state index in [1.807, 2.05) is 0 Å². The van der Waals surface area contributed by atoms with Gasteiger partial charge in [-0.1, -0.05) is 19.1 Å². The van der Waals surface area contributed by atoms with Crippen LogP contribution in [-0.2, 0) is 20.5 Å². The Morgan fingerprint density at radius 2 is 1.92 bits per heavy atom. The van der Waals surface area contributed by atoms with Crippen molar-refractivity contribution >= 4 is 11.9 Å². The maximum atomic E-state index is 12.6. The number of amides is 1. The van der Waals surface area contributed by atoms with Gasteiger partial charge in [0.1, 0.15) is 5.41 Å². The Morgan fingerprint density at radius 3 is 2.42 bits per heavy atom. The maximum absolute atomic E-state index is 12.6. The summed E-state index contributed by atoms with van der Waals surface area (Å²) in [6.07, 6.45) is -3.97. The molecule has 1 aliphatic heterocycles. The zero-order chi connectivity index (χ0) is 19.5. The number of hydrogen-bond acceptors (Lipinski definition) is 3. The van der Waals surface area contributed by atoms with Crippen LogP contribution in [-0.4, -0.2) is 48.7 Å². The molecule has 0 saturated carbocycles. The molecule has 144 valence electrons. The van der Waals surface area contributed by atoms with Crippen molar-refractivity contribution in [3.63, 3.8) is 0 Å². The fourth-order valence-electron chi connectivity index (χ4n) is 3.23. The van der Waals surface area contributed by atoms with Gasteiger partial charge in [0.05, 0.1) is 12.2 Å². The highest BCUT2D eigenvalue weighted by Crippen LogP contribution is 2.33. The lowest BCUT2D eigenvalue weighted by atomic mass is 9.88. The number of ether oxygens (including phenoxy) is 1. The van der Waals surface area contributed by atoms with E-state index in [2.05, 4.69) is 0 Å². The highest BCUT2D eigenvalue weighted by atomic mass is 19.4. The summed E-state index contributed by atoms with van der Waals surface area (Å²) < 4.78 is 42.8. The minimum Gasteiger partial charge on any atom is -0.481 e. The number of carboxylic acid groups (broad SMARTS) is 1. The number of aliphatic carboxylic acids is 1. The Labute approximate surface area is 149 Å². The molecule has 5 nitrogen and oxygen atoms in total. The van der Waals surface area contributed by atoms with Crippen molar-refractivity contribution in [2.75, 3.05) is 26.8 Å². The van der Waals surface area contributed by atoms with Crippen molar-refractivity contribution in [1.29, 1.82) is 0 Å². The van der Waals surface area contributed by atoms with E-state index in [4.69, 9.17) is 4.74 Å². The first kappa shape index (κ1) is 20.2. The topological polar surface area (TPSA) is 66.8 Å². The molecule has 0 radical (unpaired) electrons. The third-order valence-electron chi connectivity index (χ3n) is 4.87. The van der Waals surface area contributed by atoms with E-state index in [0.717, 1.165) is 12.1 Å². The van der Waals surface area contributed by atoms with Gasteiger partial charge in [-0.3, -0.25) is 9.59 Å². The van der Waals surface area contributed by atoms with Crippen LogP contribution in [0, 0.1) is 5.41 Å². The number of carbonyl (C=O) groups is 2. The molecule has 0 spiro atoms. The quantitative estimate of drug-likeness (QED) is 0.832. The lowest BCUT2D eigenvalue weighted by Crippen LogP contribution is -2.40. The van der Waals surface area contributed by atoms with E-state index < -0.39 is 23.1 Å². The molecule has 8 heteroatoms. The molecule has 0 bridgehead atoms.